The highest BCUT2D eigenvalue weighted by atomic mass is 31.2. The Bertz CT molecular complexity index is 410. The molecule has 0 amide bonds. The maximum absolute atomic E-state index is 10.1. The van der Waals surface area contributed by atoms with Crippen molar-refractivity contribution in [1.29, 1.82) is 0 Å². The van der Waals surface area contributed by atoms with E-state index in [0.29, 0.717) is 0 Å². The molecule has 27 heavy (non-hydrogen) atoms. The second-order valence-corrected chi connectivity index (χ2v) is 8.76. The van der Waals surface area contributed by atoms with Gasteiger partial charge in [0.2, 0.25) is 0 Å². The predicted octanol–water partition coefficient (Wildman–Crippen LogP) is -1.58. The number of ether oxygens (including phenoxy) is 1. The third kappa shape index (κ3) is 12.2. The summed E-state index contributed by atoms with van der Waals surface area (Å²) in [5.41, 5.74) is 8.00. The van der Waals surface area contributed by atoms with Gasteiger partial charge in [-0.15, -0.1) is 0 Å². The van der Waals surface area contributed by atoms with Crippen molar-refractivity contribution in [1.82, 2.24) is 0 Å². The van der Waals surface area contributed by atoms with Crippen LogP contribution in [0.15, 0.2) is 0 Å². The van der Waals surface area contributed by atoms with Gasteiger partial charge in [0.05, 0.1) is 32.6 Å². The summed E-state index contributed by atoms with van der Waals surface area (Å²) in [5, 5.41) is 17.7. The molecule has 0 aromatic carbocycles. The highest BCUT2D eigenvalue weighted by molar-refractivity contribution is 7.43. The van der Waals surface area contributed by atoms with Crippen LogP contribution in [0.3, 0.4) is 0 Å². The minimum absolute atomic E-state index is 0.139. The van der Waals surface area contributed by atoms with E-state index in [9.17, 15) is 14.4 Å². The van der Waals surface area contributed by atoms with Crippen LogP contribution in [0.1, 0.15) is 70.6 Å². The quantitative estimate of drug-likeness (QED) is 0.404. The third-order valence-corrected chi connectivity index (χ3v) is 5.56. The zero-order valence-electron chi connectivity index (χ0n) is 16.2. The van der Waals surface area contributed by atoms with Crippen molar-refractivity contribution < 1.29 is 45.3 Å². The molecular formula is C17H37N2O7P. The molecule has 3 fully saturated rings. The molecule has 1 aliphatic heterocycles. The molecule has 3 aliphatic rings. The molecule has 162 valence electrons. The number of rotatable bonds is 3. The van der Waals surface area contributed by atoms with Crippen molar-refractivity contribution in [3.8, 4) is 0 Å². The Morgan fingerprint density at radius 2 is 1.41 bits per heavy atom. The monoisotopic (exact) mass is 412 g/mol. The first kappa shape index (κ1) is 24.9. The molecule has 9 nitrogen and oxygen atoms in total. The van der Waals surface area contributed by atoms with Gasteiger partial charge in [0.25, 0.3) is 0 Å². The lowest BCUT2D eigenvalue weighted by atomic mass is 9.97. The second kappa shape index (κ2) is 13.2. The maximum Gasteiger partial charge on any atom is 0.165 e. The van der Waals surface area contributed by atoms with Gasteiger partial charge in [-0.2, -0.15) is 0 Å². The molecule has 0 bridgehead atoms. The number of aliphatic hydroxyl groups is 2. The van der Waals surface area contributed by atoms with Gasteiger partial charge in [0.15, 0.2) is 6.29 Å². The normalized spacial score (nSPS) is 30.1. The Labute approximate surface area is 161 Å². The average Bonchev–Trinajstić information content (AvgIpc) is 2.95. The Balaban J connectivity index is 0.000000220. The van der Waals surface area contributed by atoms with E-state index < -0.39 is 32.9 Å². The van der Waals surface area contributed by atoms with E-state index in [2.05, 4.69) is 16.0 Å². The smallest absolute Gasteiger partial charge is 0.165 e. The Morgan fingerprint density at radius 3 is 1.67 bits per heavy atom. The standard InChI is InChI=1S/2C6H13N.C5H11O7P/c2*7-6-4-2-1-3-5-6;6-2-4-3(7)1-5(11-4)12-13(8,9)10/h2*6H,1-5,7H2;3-7H,1-2H2,(H2,8,9,10). The third-order valence-electron chi connectivity index (χ3n) is 5.07. The lowest BCUT2D eigenvalue weighted by molar-refractivity contribution is -0.425. The van der Waals surface area contributed by atoms with Crippen molar-refractivity contribution >= 4 is 7.82 Å². The summed E-state index contributed by atoms with van der Waals surface area (Å²) in [7, 11) is -5.10. The fourth-order valence-corrected chi connectivity index (χ4v) is 3.86. The molecule has 0 aromatic rings. The van der Waals surface area contributed by atoms with Gasteiger partial charge < -0.3 is 45.3 Å². The van der Waals surface area contributed by atoms with Crippen molar-refractivity contribution in [3.05, 3.63) is 0 Å². The van der Waals surface area contributed by atoms with Crippen LogP contribution in [-0.4, -0.2) is 47.4 Å². The molecule has 0 aromatic heterocycles. The zero-order valence-corrected chi connectivity index (χ0v) is 17.1. The summed E-state index contributed by atoms with van der Waals surface area (Å²) in [6.07, 6.45) is 10.8. The van der Waals surface area contributed by atoms with Gasteiger partial charge >= 0.3 is 0 Å². The highest BCUT2D eigenvalue weighted by Gasteiger charge is 2.34. The summed E-state index contributed by atoms with van der Waals surface area (Å²) in [4.78, 5) is 20.2. The van der Waals surface area contributed by atoms with E-state index in [0.717, 1.165) is 12.1 Å². The van der Waals surface area contributed by atoms with Gasteiger partial charge in [-0.25, -0.2) is 0 Å². The lowest BCUT2D eigenvalue weighted by Gasteiger charge is -2.31. The molecule has 1 saturated heterocycles. The minimum atomic E-state index is -5.10. The topological polar surface area (TPSA) is 177 Å². The molecule has 0 spiro atoms. The fraction of sp³-hybridized carbons (Fsp3) is 1.00. The maximum atomic E-state index is 10.1. The van der Waals surface area contributed by atoms with Crippen LogP contribution in [0, 0.1) is 0 Å². The van der Waals surface area contributed by atoms with E-state index in [1.165, 1.54) is 64.2 Å². The number of hydrogen-bond donors (Lipinski definition) is 4. The van der Waals surface area contributed by atoms with E-state index in [1.54, 1.807) is 0 Å². The van der Waals surface area contributed by atoms with E-state index in [4.69, 9.17) is 14.9 Å². The molecule has 3 unspecified atom stereocenters. The first-order valence-electron chi connectivity index (χ1n) is 10.0. The Hall–Kier alpha value is -0.0900. The van der Waals surface area contributed by atoms with Crippen LogP contribution in [0.5, 0.6) is 0 Å². The van der Waals surface area contributed by atoms with Crippen molar-refractivity contribution in [2.75, 3.05) is 6.61 Å². The molecule has 10 heteroatoms. The predicted molar refractivity (Wildman–Crippen MR) is 94.6 cm³/mol. The zero-order chi connectivity index (χ0) is 20.3. The van der Waals surface area contributed by atoms with Crippen LogP contribution in [0.2, 0.25) is 0 Å². The molecule has 2 aliphatic carbocycles. The molecular weight excluding hydrogens is 375 g/mol. The number of quaternary nitrogens is 2. The fourth-order valence-electron chi connectivity index (χ4n) is 3.44. The molecule has 3 atom stereocenters. The molecule has 2 saturated carbocycles. The molecule has 8 N–H and O–H groups in total. The van der Waals surface area contributed by atoms with E-state index in [1.807, 2.05) is 0 Å². The van der Waals surface area contributed by atoms with Gasteiger partial charge in [-0.1, -0.05) is 12.8 Å². The van der Waals surface area contributed by atoms with E-state index in [-0.39, 0.29) is 6.42 Å². The number of aliphatic hydroxyl groups excluding tert-OH is 2. The Kier molecular flexibility index (Phi) is 12.2. The number of phosphoric ester groups is 1. The van der Waals surface area contributed by atoms with Crippen LogP contribution < -0.4 is 21.3 Å². The first-order chi connectivity index (χ1) is 12.7. The van der Waals surface area contributed by atoms with Crippen LogP contribution in [0.4, 0.5) is 0 Å². The first-order valence-corrected chi connectivity index (χ1v) is 11.5. The van der Waals surface area contributed by atoms with Crippen molar-refractivity contribution in [3.63, 3.8) is 0 Å². The number of hydrogen-bond acceptors (Lipinski definition) is 7. The van der Waals surface area contributed by atoms with Crippen molar-refractivity contribution in [2.45, 2.75) is 101 Å². The van der Waals surface area contributed by atoms with Crippen molar-refractivity contribution in [2.24, 2.45) is 0 Å². The molecule has 3 rings (SSSR count). The van der Waals surface area contributed by atoms with Gasteiger partial charge in [0, 0.05) is 6.42 Å². The summed E-state index contributed by atoms with van der Waals surface area (Å²) >= 11 is 0. The van der Waals surface area contributed by atoms with E-state index >= 15 is 0 Å². The van der Waals surface area contributed by atoms with Gasteiger partial charge in [0.1, 0.15) is 6.10 Å². The number of phosphoric acid groups is 1. The summed E-state index contributed by atoms with van der Waals surface area (Å²) < 4.78 is 18.8. The lowest BCUT2D eigenvalue weighted by Crippen LogP contribution is -2.61. The molecule has 0 radical (unpaired) electrons. The molecule has 1 heterocycles. The summed E-state index contributed by atoms with van der Waals surface area (Å²) in [6, 6.07) is 1.57. The summed E-state index contributed by atoms with van der Waals surface area (Å²) in [5.74, 6) is 0. The van der Waals surface area contributed by atoms with Crippen LogP contribution in [0.25, 0.3) is 0 Å². The summed E-state index contributed by atoms with van der Waals surface area (Å²) in [6.45, 7) is -0.455. The minimum Gasteiger partial charge on any atom is -0.790 e. The largest absolute Gasteiger partial charge is 0.790 e. The SMILES string of the molecule is O=P([O-])([O-])OC1CC(O)C(CO)O1.[NH3+]C1CCCCC1.[NH3+]C1CCCCC1. The average molecular weight is 412 g/mol. The van der Waals surface area contributed by atoms with Gasteiger partial charge in [-0.05, 0) is 51.4 Å². The van der Waals surface area contributed by atoms with Crippen LogP contribution >= 0.6 is 7.82 Å². The highest BCUT2D eigenvalue weighted by Crippen LogP contribution is 2.33. The van der Waals surface area contributed by atoms with Gasteiger partial charge in [-0.3, -0.25) is 0 Å². The second-order valence-electron chi connectivity index (χ2n) is 7.65. The Morgan fingerprint density at radius 1 is 0.963 bits per heavy atom. The van der Waals surface area contributed by atoms with Crippen LogP contribution in [-0.2, 0) is 13.8 Å².